The second-order valence-electron chi connectivity index (χ2n) is 7.08. The minimum absolute atomic E-state index is 0.000463. The van der Waals surface area contributed by atoms with Gasteiger partial charge in [-0.1, -0.05) is 29.8 Å². The smallest absolute Gasteiger partial charge is 0.226 e. The third kappa shape index (κ3) is 4.04. The number of H-pyrrole nitrogens is 1. The first-order valence-corrected chi connectivity index (χ1v) is 9.50. The minimum Gasteiger partial charge on any atom is -0.373 e. The third-order valence-electron chi connectivity index (χ3n) is 4.78. The molecule has 0 radical (unpaired) electrons. The number of nitrogens with zero attached hydrogens (tertiary/aromatic N) is 2. The summed E-state index contributed by atoms with van der Waals surface area (Å²) in [6.07, 6.45) is 1.52. The summed E-state index contributed by atoms with van der Waals surface area (Å²) < 4.78 is 8.44. The number of amides is 1. The maximum atomic E-state index is 12.8. The standard InChI is InChI=1S/C19H26N4O2S/c1-12(2)23-16(21-22-19(23)26)11-20-18(24)15-5-4-10-25-17(15)14-8-6-13(3)7-9-14/h6-9,12,15,17H,4-5,10-11H2,1-3H3,(H,20,24)(H,22,26)/t15-,17+/m1/s1. The normalized spacial score (nSPS) is 20.3. The van der Waals surface area contributed by atoms with Crippen LogP contribution in [0.1, 0.15) is 55.8 Å². The highest BCUT2D eigenvalue weighted by molar-refractivity contribution is 7.71. The van der Waals surface area contributed by atoms with E-state index in [4.69, 9.17) is 17.0 Å². The summed E-state index contributed by atoms with van der Waals surface area (Å²) >= 11 is 5.26. The van der Waals surface area contributed by atoms with Crippen molar-refractivity contribution in [1.29, 1.82) is 0 Å². The number of hydrogen-bond donors (Lipinski definition) is 2. The topological polar surface area (TPSA) is 71.9 Å². The first-order chi connectivity index (χ1) is 12.5. The van der Waals surface area contributed by atoms with E-state index in [1.54, 1.807) is 0 Å². The van der Waals surface area contributed by atoms with Crippen LogP contribution in [-0.2, 0) is 16.1 Å². The number of aryl methyl sites for hydroxylation is 1. The number of aromatic nitrogens is 3. The Kier molecular flexibility index (Phi) is 5.88. The van der Waals surface area contributed by atoms with Crippen LogP contribution >= 0.6 is 12.2 Å². The Balaban J connectivity index is 1.71. The summed E-state index contributed by atoms with van der Waals surface area (Å²) in [7, 11) is 0. The molecule has 1 amide bonds. The molecule has 0 aliphatic carbocycles. The van der Waals surface area contributed by atoms with Crippen LogP contribution in [0.2, 0.25) is 0 Å². The lowest BCUT2D eigenvalue weighted by atomic mass is 9.88. The van der Waals surface area contributed by atoms with E-state index >= 15 is 0 Å². The Hall–Kier alpha value is -1.99. The van der Waals surface area contributed by atoms with E-state index in [0.717, 1.165) is 24.2 Å². The molecule has 1 aliphatic heterocycles. The van der Waals surface area contributed by atoms with Crippen LogP contribution in [0.4, 0.5) is 0 Å². The second-order valence-corrected chi connectivity index (χ2v) is 7.46. The Morgan fingerprint density at radius 1 is 1.42 bits per heavy atom. The summed E-state index contributed by atoms with van der Waals surface area (Å²) in [5, 5.41) is 10.1. The van der Waals surface area contributed by atoms with Crippen molar-refractivity contribution in [3.8, 4) is 0 Å². The van der Waals surface area contributed by atoms with Crippen LogP contribution in [0.15, 0.2) is 24.3 Å². The van der Waals surface area contributed by atoms with Crippen LogP contribution in [0, 0.1) is 17.6 Å². The average molecular weight is 375 g/mol. The predicted octanol–water partition coefficient (Wildman–Crippen LogP) is 3.61. The molecule has 1 saturated heterocycles. The van der Waals surface area contributed by atoms with Gasteiger partial charge in [0, 0.05) is 12.6 Å². The quantitative estimate of drug-likeness (QED) is 0.784. The zero-order valence-electron chi connectivity index (χ0n) is 15.5. The summed E-state index contributed by atoms with van der Waals surface area (Å²) in [4.78, 5) is 12.8. The zero-order chi connectivity index (χ0) is 18.7. The molecule has 2 aromatic rings. The molecular weight excluding hydrogens is 348 g/mol. The van der Waals surface area contributed by atoms with Crippen molar-refractivity contribution >= 4 is 18.1 Å². The molecule has 0 saturated carbocycles. The van der Waals surface area contributed by atoms with Crippen molar-refractivity contribution in [3.05, 3.63) is 46.0 Å². The number of aromatic amines is 1. The van der Waals surface area contributed by atoms with E-state index in [-0.39, 0.29) is 24.0 Å². The lowest BCUT2D eigenvalue weighted by Gasteiger charge is -2.31. The predicted molar refractivity (Wildman–Crippen MR) is 102 cm³/mol. The summed E-state index contributed by atoms with van der Waals surface area (Å²) in [5.74, 6) is 0.544. The SMILES string of the molecule is Cc1ccc([C@@H]2OCCC[C@H]2C(=O)NCc2n[nH]c(=S)n2C(C)C)cc1. The van der Waals surface area contributed by atoms with E-state index in [9.17, 15) is 4.79 Å². The summed E-state index contributed by atoms with van der Waals surface area (Å²) in [6, 6.07) is 8.41. The van der Waals surface area contributed by atoms with Crippen molar-refractivity contribution in [3.63, 3.8) is 0 Å². The zero-order valence-corrected chi connectivity index (χ0v) is 16.3. The number of nitrogens with one attached hydrogen (secondary N) is 2. The number of hydrogen-bond acceptors (Lipinski definition) is 4. The fourth-order valence-electron chi connectivity index (χ4n) is 3.43. The molecule has 1 aliphatic rings. The largest absolute Gasteiger partial charge is 0.373 e. The maximum Gasteiger partial charge on any atom is 0.226 e. The van der Waals surface area contributed by atoms with Gasteiger partial charge in [-0.2, -0.15) is 5.10 Å². The molecule has 1 aromatic carbocycles. The molecule has 0 spiro atoms. The fourth-order valence-corrected chi connectivity index (χ4v) is 3.79. The summed E-state index contributed by atoms with van der Waals surface area (Å²) in [5.41, 5.74) is 2.25. The van der Waals surface area contributed by atoms with Gasteiger partial charge >= 0.3 is 0 Å². The summed E-state index contributed by atoms with van der Waals surface area (Å²) in [6.45, 7) is 7.17. The van der Waals surface area contributed by atoms with Gasteiger partial charge in [-0.25, -0.2) is 0 Å². The highest BCUT2D eigenvalue weighted by Crippen LogP contribution is 2.34. The van der Waals surface area contributed by atoms with Gasteiger partial charge in [0.25, 0.3) is 0 Å². The minimum atomic E-state index is -0.199. The lowest BCUT2D eigenvalue weighted by Crippen LogP contribution is -2.37. The first-order valence-electron chi connectivity index (χ1n) is 9.09. The van der Waals surface area contributed by atoms with Gasteiger partial charge in [-0.15, -0.1) is 0 Å². The van der Waals surface area contributed by atoms with Crippen molar-refractivity contribution in [1.82, 2.24) is 20.1 Å². The second kappa shape index (κ2) is 8.14. The number of ether oxygens (including phenoxy) is 1. The monoisotopic (exact) mass is 374 g/mol. The highest BCUT2D eigenvalue weighted by atomic mass is 32.1. The maximum absolute atomic E-state index is 12.8. The molecule has 2 N–H and O–H groups in total. The Morgan fingerprint density at radius 2 is 2.15 bits per heavy atom. The van der Waals surface area contributed by atoms with E-state index in [0.29, 0.717) is 17.9 Å². The van der Waals surface area contributed by atoms with E-state index in [1.807, 2.05) is 18.4 Å². The Morgan fingerprint density at radius 3 is 2.85 bits per heavy atom. The third-order valence-corrected chi connectivity index (χ3v) is 5.07. The highest BCUT2D eigenvalue weighted by Gasteiger charge is 2.33. The molecule has 2 atom stereocenters. The molecule has 0 unspecified atom stereocenters. The average Bonchev–Trinajstić information content (AvgIpc) is 3.01. The van der Waals surface area contributed by atoms with Crippen LogP contribution in [0.3, 0.4) is 0 Å². The Labute approximate surface area is 159 Å². The molecule has 140 valence electrons. The van der Waals surface area contributed by atoms with Crippen LogP contribution in [0.25, 0.3) is 0 Å². The van der Waals surface area contributed by atoms with Gasteiger partial charge in [0.05, 0.1) is 18.6 Å². The molecule has 6 nitrogen and oxygen atoms in total. The van der Waals surface area contributed by atoms with E-state index in [1.165, 1.54) is 5.56 Å². The van der Waals surface area contributed by atoms with Crippen LogP contribution in [-0.4, -0.2) is 27.3 Å². The van der Waals surface area contributed by atoms with Crippen LogP contribution < -0.4 is 5.32 Å². The number of carbonyl (C=O) groups excluding carboxylic acids is 1. The van der Waals surface area contributed by atoms with Gasteiger partial charge in [0.15, 0.2) is 10.6 Å². The molecule has 1 fully saturated rings. The van der Waals surface area contributed by atoms with Crippen LogP contribution in [0.5, 0.6) is 0 Å². The molecule has 7 heteroatoms. The van der Waals surface area contributed by atoms with Crippen molar-refractivity contribution in [2.75, 3.05) is 6.61 Å². The van der Waals surface area contributed by atoms with Crippen molar-refractivity contribution in [2.45, 2.75) is 52.3 Å². The van der Waals surface area contributed by atoms with Crippen molar-refractivity contribution in [2.24, 2.45) is 5.92 Å². The van der Waals surface area contributed by atoms with Gasteiger partial charge in [-0.3, -0.25) is 9.89 Å². The number of benzene rings is 1. The lowest BCUT2D eigenvalue weighted by molar-refractivity contribution is -0.135. The molecule has 0 bridgehead atoms. The fraction of sp³-hybridized carbons (Fsp3) is 0.526. The van der Waals surface area contributed by atoms with Gasteiger partial charge in [-0.05, 0) is 51.4 Å². The molecular formula is C19H26N4O2S. The van der Waals surface area contributed by atoms with E-state index in [2.05, 4.69) is 46.7 Å². The molecule has 26 heavy (non-hydrogen) atoms. The van der Waals surface area contributed by atoms with E-state index < -0.39 is 0 Å². The number of carbonyl (C=O) groups is 1. The molecule has 2 heterocycles. The van der Waals surface area contributed by atoms with Crippen molar-refractivity contribution < 1.29 is 9.53 Å². The number of rotatable bonds is 5. The van der Waals surface area contributed by atoms with Gasteiger partial charge in [0.1, 0.15) is 0 Å². The first kappa shape index (κ1) is 18.8. The van der Waals surface area contributed by atoms with Gasteiger partial charge in [0.2, 0.25) is 5.91 Å². The molecule has 3 rings (SSSR count). The molecule has 1 aromatic heterocycles. The van der Waals surface area contributed by atoms with Gasteiger partial charge < -0.3 is 14.6 Å². The Bertz CT molecular complexity index is 810.